The van der Waals surface area contributed by atoms with E-state index >= 15 is 0 Å². The Hall–Kier alpha value is -1.31. The molecule has 158 valence electrons. The maximum absolute atomic E-state index is 12.5. The van der Waals surface area contributed by atoms with Crippen LogP contribution in [0.5, 0.6) is 0 Å². The molecule has 0 saturated carbocycles. The molecular weight excluding hydrogens is 390 g/mol. The lowest BCUT2D eigenvalue weighted by atomic mass is 10.0. The lowest BCUT2D eigenvalue weighted by Crippen LogP contribution is -2.50. The molecule has 4 rings (SSSR count). The first-order valence-electron chi connectivity index (χ1n) is 9.76. The first-order chi connectivity index (χ1) is 13.5. The molecule has 4 aliphatic heterocycles. The maximum Gasteiger partial charge on any atom is 0.346 e. The molecule has 0 aromatic heterocycles. The summed E-state index contributed by atoms with van der Waals surface area (Å²) in [5, 5.41) is 4.25. The molecule has 4 heterocycles. The number of hydrogen-bond acceptors (Lipinski definition) is 8. The van der Waals surface area contributed by atoms with Crippen LogP contribution in [0.3, 0.4) is 0 Å². The molecule has 2 bridgehead atoms. The number of urea groups is 1. The molecule has 3 amide bonds. The lowest BCUT2D eigenvalue weighted by Gasteiger charge is -2.32. The second kappa shape index (κ2) is 8.59. The number of likely N-dealkylation sites (tertiary alicyclic amines) is 1. The summed E-state index contributed by atoms with van der Waals surface area (Å²) < 4.78 is 26.0. The van der Waals surface area contributed by atoms with E-state index in [-0.39, 0.29) is 18.6 Å². The zero-order valence-corrected chi connectivity index (χ0v) is 16.4. The summed E-state index contributed by atoms with van der Waals surface area (Å²) in [6.07, 6.45) is 3.22. The molecule has 3 unspecified atom stereocenters. The fourth-order valence-electron chi connectivity index (χ4n) is 4.45. The summed E-state index contributed by atoms with van der Waals surface area (Å²) in [6, 6.07) is -1.46. The smallest absolute Gasteiger partial charge is 0.346 e. The van der Waals surface area contributed by atoms with E-state index in [1.807, 2.05) is 0 Å². The van der Waals surface area contributed by atoms with Crippen LogP contribution in [0.4, 0.5) is 4.79 Å². The number of amides is 3. The molecule has 2 N–H and O–H groups in total. The van der Waals surface area contributed by atoms with Crippen LogP contribution < -0.4 is 10.8 Å². The Kier molecular flexibility index (Phi) is 6.13. The quantitative estimate of drug-likeness (QED) is 0.370. The van der Waals surface area contributed by atoms with Gasteiger partial charge in [-0.3, -0.25) is 9.63 Å². The van der Waals surface area contributed by atoms with Crippen molar-refractivity contribution in [3.05, 3.63) is 0 Å². The predicted octanol–water partition coefficient (Wildman–Crippen LogP) is -1.29. The Bertz CT molecular complexity index is 635. The summed E-state index contributed by atoms with van der Waals surface area (Å²) >= 11 is -2.82. The number of nitrogens with one attached hydrogen (secondary N) is 2. The highest BCUT2D eigenvalue weighted by Crippen LogP contribution is 2.30. The van der Waals surface area contributed by atoms with Crippen molar-refractivity contribution in [3.63, 3.8) is 0 Å². The van der Waals surface area contributed by atoms with Gasteiger partial charge in [-0.05, 0) is 51.2 Å². The van der Waals surface area contributed by atoms with Gasteiger partial charge in [-0.15, -0.1) is 0 Å². The monoisotopic (exact) mass is 416 g/mol. The van der Waals surface area contributed by atoms with Crippen LogP contribution in [-0.2, 0) is 25.3 Å². The number of hydrogen-bond donors (Lipinski definition) is 2. The Morgan fingerprint density at radius 2 is 2.18 bits per heavy atom. The molecule has 0 aliphatic carbocycles. The van der Waals surface area contributed by atoms with Crippen molar-refractivity contribution in [1.29, 1.82) is 0 Å². The number of carbonyl (C=O) groups is 2. The van der Waals surface area contributed by atoms with Crippen molar-refractivity contribution < 1.29 is 27.5 Å². The van der Waals surface area contributed by atoms with Crippen LogP contribution in [0.1, 0.15) is 25.7 Å². The first kappa shape index (κ1) is 20.0. The third-order valence-corrected chi connectivity index (χ3v) is 6.28. The van der Waals surface area contributed by atoms with E-state index in [0.717, 1.165) is 24.6 Å². The van der Waals surface area contributed by atoms with E-state index in [9.17, 15) is 18.4 Å². The lowest BCUT2D eigenvalue weighted by molar-refractivity contribution is -0.139. The summed E-state index contributed by atoms with van der Waals surface area (Å²) in [5.41, 5.74) is 2.45. The van der Waals surface area contributed by atoms with Gasteiger partial charge in [0.2, 0.25) is 0 Å². The van der Waals surface area contributed by atoms with Crippen molar-refractivity contribution in [3.8, 4) is 0 Å². The second-order valence-electron chi connectivity index (χ2n) is 7.92. The van der Waals surface area contributed by atoms with E-state index in [2.05, 4.69) is 20.0 Å². The van der Waals surface area contributed by atoms with E-state index in [1.54, 1.807) is 0 Å². The van der Waals surface area contributed by atoms with Gasteiger partial charge in [0.25, 0.3) is 5.91 Å². The van der Waals surface area contributed by atoms with E-state index in [1.165, 1.54) is 24.4 Å². The second-order valence-corrected chi connectivity index (χ2v) is 8.48. The number of nitrogens with zero attached hydrogens (tertiary/aromatic N) is 3. The molecule has 12 heteroatoms. The van der Waals surface area contributed by atoms with Gasteiger partial charge >= 0.3 is 6.03 Å². The van der Waals surface area contributed by atoms with Crippen molar-refractivity contribution >= 4 is 23.3 Å². The van der Waals surface area contributed by atoms with Crippen molar-refractivity contribution in [2.75, 3.05) is 39.3 Å². The number of rotatable bonds is 8. The Morgan fingerprint density at radius 3 is 2.89 bits per heavy atom. The molecule has 4 aliphatic rings. The molecule has 4 fully saturated rings. The zero-order valence-electron chi connectivity index (χ0n) is 15.6. The Labute approximate surface area is 166 Å². The standard InChI is InChI=1S/C16H27N5O6S/c22-15(14-3-2-13-9-20(14)16(23)21(13)27-28(24)25)18-26-10-12-6-11(7-17-12)8-19-4-1-5-19/h11-14,17H,1-10H2,(H,18,22)(H,24,25)/p-1/t11-,12-,13?,14?/m0/s1. The fourth-order valence-corrected chi connectivity index (χ4v) is 4.76. The number of hydroxylamine groups is 3. The third kappa shape index (κ3) is 4.31. The normalized spacial score (nSPS) is 33.8. The van der Waals surface area contributed by atoms with Crippen LogP contribution in [0.25, 0.3) is 0 Å². The van der Waals surface area contributed by atoms with Gasteiger partial charge in [-0.25, -0.2) is 14.5 Å². The van der Waals surface area contributed by atoms with E-state index in [0.29, 0.717) is 25.4 Å². The molecule has 0 aromatic rings. The van der Waals surface area contributed by atoms with Gasteiger partial charge in [0, 0.05) is 19.1 Å². The maximum atomic E-state index is 12.5. The van der Waals surface area contributed by atoms with Gasteiger partial charge in [-0.1, -0.05) is 0 Å². The fraction of sp³-hybridized carbons (Fsp3) is 0.875. The van der Waals surface area contributed by atoms with Crippen molar-refractivity contribution in [1.82, 2.24) is 25.7 Å². The van der Waals surface area contributed by atoms with Gasteiger partial charge < -0.3 is 19.7 Å². The zero-order chi connectivity index (χ0) is 19.7. The number of fused-ring (bicyclic) bond motifs is 2. The Balaban J connectivity index is 1.19. The molecule has 4 saturated heterocycles. The summed E-state index contributed by atoms with van der Waals surface area (Å²) in [5.74, 6) is 0.215. The van der Waals surface area contributed by atoms with E-state index < -0.39 is 29.3 Å². The topological polar surface area (TPSA) is 127 Å². The summed E-state index contributed by atoms with van der Waals surface area (Å²) in [6.45, 7) is 5.09. The van der Waals surface area contributed by atoms with Crippen molar-refractivity contribution in [2.24, 2.45) is 5.92 Å². The highest BCUT2D eigenvalue weighted by molar-refractivity contribution is 7.74. The minimum Gasteiger partial charge on any atom is -0.748 e. The number of carbonyl (C=O) groups excluding carboxylic acids is 2. The van der Waals surface area contributed by atoms with Crippen LogP contribution in [0, 0.1) is 5.92 Å². The average molecular weight is 416 g/mol. The highest BCUT2D eigenvalue weighted by atomic mass is 32.2. The molecule has 0 spiro atoms. The largest absolute Gasteiger partial charge is 0.748 e. The van der Waals surface area contributed by atoms with Crippen LogP contribution in [0.15, 0.2) is 0 Å². The predicted molar refractivity (Wildman–Crippen MR) is 95.8 cm³/mol. The minimum atomic E-state index is -2.82. The summed E-state index contributed by atoms with van der Waals surface area (Å²) in [7, 11) is 0. The Morgan fingerprint density at radius 1 is 1.36 bits per heavy atom. The van der Waals surface area contributed by atoms with E-state index in [4.69, 9.17) is 4.84 Å². The van der Waals surface area contributed by atoms with Gasteiger partial charge in [-0.2, -0.15) is 9.35 Å². The van der Waals surface area contributed by atoms with Gasteiger partial charge in [0.1, 0.15) is 17.4 Å². The molecule has 0 radical (unpaired) electrons. The minimum absolute atomic E-state index is 0.201. The highest BCUT2D eigenvalue weighted by Gasteiger charge is 2.48. The van der Waals surface area contributed by atoms with Gasteiger partial charge in [0.05, 0.1) is 12.6 Å². The third-order valence-electron chi connectivity index (χ3n) is 6.00. The molecule has 0 aromatic carbocycles. The van der Waals surface area contributed by atoms with Crippen LogP contribution >= 0.6 is 0 Å². The molecule has 5 atom stereocenters. The summed E-state index contributed by atoms with van der Waals surface area (Å²) in [4.78, 5) is 33.9. The molecular formula is C16H26N5O6S-. The molecule has 28 heavy (non-hydrogen) atoms. The van der Waals surface area contributed by atoms with Gasteiger partial charge in [0.15, 0.2) is 0 Å². The molecule has 11 nitrogen and oxygen atoms in total. The average Bonchev–Trinajstić information content (AvgIpc) is 3.17. The van der Waals surface area contributed by atoms with Crippen LogP contribution in [0.2, 0.25) is 0 Å². The van der Waals surface area contributed by atoms with Crippen molar-refractivity contribution in [2.45, 2.75) is 43.8 Å². The SMILES string of the molecule is O=C(NOC[C@@H]1C[C@H](CN2CCC2)CN1)C1CCC2CN1C(=O)N2OS(=O)[O-]. The first-order valence-corrected chi connectivity index (χ1v) is 10.8. The number of piperidine rings is 1. The van der Waals surface area contributed by atoms with Crippen LogP contribution in [-0.4, -0.2) is 93.0 Å².